The third-order valence-corrected chi connectivity index (χ3v) is 6.39. The lowest BCUT2D eigenvalue weighted by Crippen LogP contribution is -2.49. The van der Waals surface area contributed by atoms with Gasteiger partial charge in [-0.25, -0.2) is 0 Å². The Morgan fingerprint density at radius 1 is 0.727 bits per heavy atom. The van der Waals surface area contributed by atoms with Gasteiger partial charge in [-0.2, -0.15) is 0 Å². The molecule has 0 bridgehead atoms. The summed E-state index contributed by atoms with van der Waals surface area (Å²) >= 11 is 0. The zero-order valence-electron chi connectivity index (χ0n) is 20.2. The Bertz CT molecular complexity index is 1040. The van der Waals surface area contributed by atoms with E-state index in [1.807, 2.05) is 26.0 Å². The average molecular weight is 452 g/mol. The van der Waals surface area contributed by atoms with Gasteiger partial charge in [-0.1, -0.05) is 45.1 Å². The summed E-state index contributed by atoms with van der Waals surface area (Å²) in [4.78, 5) is 28.4. The minimum atomic E-state index is -1.19. The molecular weight excluding hydrogens is 420 g/mol. The highest BCUT2D eigenvalue weighted by atomic mass is 16.5. The van der Waals surface area contributed by atoms with Gasteiger partial charge in [0.25, 0.3) is 0 Å². The number of hydrogen-bond acceptors (Lipinski definition) is 6. The third kappa shape index (κ3) is 4.10. The van der Waals surface area contributed by atoms with E-state index in [0.29, 0.717) is 34.1 Å². The number of rotatable bonds is 8. The summed E-state index contributed by atoms with van der Waals surface area (Å²) in [6.45, 7) is 5.69. The van der Waals surface area contributed by atoms with Crippen molar-refractivity contribution < 1.29 is 28.5 Å². The second-order valence-corrected chi connectivity index (χ2v) is 8.83. The van der Waals surface area contributed by atoms with Gasteiger partial charge in [0.1, 0.15) is 34.1 Å². The monoisotopic (exact) mass is 451 g/mol. The van der Waals surface area contributed by atoms with Gasteiger partial charge in [0.2, 0.25) is 0 Å². The van der Waals surface area contributed by atoms with Gasteiger partial charge in [0.15, 0.2) is 11.6 Å². The summed E-state index contributed by atoms with van der Waals surface area (Å²) in [6, 6.07) is 10.4. The lowest BCUT2D eigenvalue weighted by Gasteiger charge is -2.46. The molecule has 2 aromatic carbocycles. The van der Waals surface area contributed by atoms with E-state index in [4.69, 9.17) is 18.9 Å². The lowest BCUT2D eigenvalue weighted by molar-refractivity contribution is 0.0504. The topological polar surface area (TPSA) is 71.1 Å². The fourth-order valence-corrected chi connectivity index (χ4v) is 4.86. The predicted molar refractivity (Wildman–Crippen MR) is 127 cm³/mol. The molecule has 0 saturated carbocycles. The molecule has 175 valence electrons. The van der Waals surface area contributed by atoms with E-state index >= 15 is 0 Å². The van der Waals surface area contributed by atoms with Crippen LogP contribution in [0.15, 0.2) is 48.6 Å². The Morgan fingerprint density at radius 3 is 1.58 bits per heavy atom. The fourth-order valence-electron chi connectivity index (χ4n) is 4.86. The number of ketones is 2. The molecule has 6 nitrogen and oxygen atoms in total. The van der Waals surface area contributed by atoms with Crippen LogP contribution < -0.4 is 18.9 Å². The summed E-state index contributed by atoms with van der Waals surface area (Å²) < 4.78 is 22.0. The predicted octanol–water partition coefficient (Wildman–Crippen LogP) is 5.21. The van der Waals surface area contributed by atoms with Crippen molar-refractivity contribution in [3.8, 4) is 23.0 Å². The van der Waals surface area contributed by atoms with Crippen molar-refractivity contribution in [3.63, 3.8) is 0 Å². The van der Waals surface area contributed by atoms with E-state index in [0.717, 1.165) is 0 Å². The maximum absolute atomic E-state index is 14.2. The van der Waals surface area contributed by atoms with E-state index in [1.54, 1.807) is 49.7 Å². The zero-order valence-corrected chi connectivity index (χ0v) is 20.2. The minimum Gasteiger partial charge on any atom is -0.496 e. The largest absolute Gasteiger partial charge is 0.496 e. The normalized spacial score (nSPS) is 21.2. The highest BCUT2D eigenvalue weighted by Gasteiger charge is 2.54. The van der Waals surface area contributed by atoms with Crippen LogP contribution >= 0.6 is 0 Å². The van der Waals surface area contributed by atoms with Crippen LogP contribution in [0.5, 0.6) is 23.0 Å². The number of ether oxygens (including phenoxy) is 4. The molecular formula is C27H31O6. The summed E-state index contributed by atoms with van der Waals surface area (Å²) in [5.74, 6) is 0.330. The SMILES string of the molecule is COc1cccc(OC)c1C(=O)C1C(C)(C)C=C[CH]C1(C)C(=O)c1c(OC)cccc1OC. The molecule has 0 aromatic heterocycles. The standard InChI is InChI=1S/C27H31O6/c1-26(2)15-10-16-27(3,25(29)22-19(32-6)13-9-14-20(22)33-7)24(26)23(28)21-17(30-4)11-8-12-18(21)31-5/h8-16,24H,1-7H3. The van der Waals surface area contributed by atoms with E-state index in [1.165, 1.54) is 28.4 Å². The molecule has 0 N–H and O–H groups in total. The maximum Gasteiger partial charge on any atom is 0.177 e. The van der Waals surface area contributed by atoms with Crippen LogP contribution in [0.3, 0.4) is 0 Å². The van der Waals surface area contributed by atoms with Gasteiger partial charge < -0.3 is 18.9 Å². The van der Waals surface area contributed by atoms with Crippen molar-refractivity contribution in [3.05, 3.63) is 66.1 Å². The van der Waals surface area contributed by atoms with Crippen molar-refractivity contribution in [2.75, 3.05) is 28.4 Å². The highest BCUT2D eigenvalue weighted by Crippen LogP contribution is 2.53. The molecule has 2 atom stereocenters. The summed E-state index contributed by atoms with van der Waals surface area (Å²) in [6.07, 6.45) is 5.59. The molecule has 0 spiro atoms. The van der Waals surface area contributed by atoms with Crippen LogP contribution in [0.25, 0.3) is 0 Å². The molecule has 0 aliphatic heterocycles. The van der Waals surface area contributed by atoms with Crippen LogP contribution in [0.4, 0.5) is 0 Å². The minimum absolute atomic E-state index is 0.236. The van der Waals surface area contributed by atoms with Gasteiger partial charge in [0, 0.05) is 11.3 Å². The fraction of sp³-hybridized carbons (Fsp3) is 0.370. The molecule has 3 rings (SSSR count). The van der Waals surface area contributed by atoms with Crippen molar-refractivity contribution in [2.24, 2.45) is 16.7 Å². The van der Waals surface area contributed by atoms with Crippen LogP contribution in [-0.2, 0) is 0 Å². The first-order chi connectivity index (χ1) is 15.7. The van der Waals surface area contributed by atoms with Crippen LogP contribution in [-0.4, -0.2) is 40.0 Å². The molecule has 2 unspecified atom stereocenters. The molecule has 0 fully saturated rings. The quantitative estimate of drug-likeness (QED) is 0.513. The molecule has 6 heteroatoms. The molecule has 33 heavy (non-hydrogen) atoms. The Morgan fingerprint density at radius 2 is 1.15 bits per heavy atom. The number of carbonyl (C=O) groups is 2. The van der Waals surface area contributed by atoms with E-state index in [-0.39, 0.29) is 11.6 Å². The van der Waals surface area contributed by atoms with E-state index in [9.17, 15) is 9.59 Å². The summed E-state index contributed by atoms with van der Waals surface area (Å²) in [7, 11) is 6.02. The van der Waals surface area contributed by atoms with Gasteiger partial charge in [-0.3, -0.25) is 9.59 Å². The molecule has 0 saturated heterocycles. The Hall–Kier alpha value is -3.28. The lowest BCUT2D eigenvalue weighted by atomic mass is 9.55. The number of Topliss-reactive ketones (excluding diaryl/α,β-unsaturated/α-hetero) is 2. The Kier molecular flexibility index (Phi) is 6.86. The van der Waals surface area contributed by atoms with Gasteiger partial charge in [-0.15, -0.1) is 0 Å². The van der Waals surface area contributed by atoms with Crippen LogP contribution in [0, 0.1) is 23.2 Å². The van der Waals surface area contributed by atoms with Crippen LogP contribution in [0.1, 0.15) is 41.5 Å². The first-order valence-corrected chi connectivity index (χ1v) is 10.7. The molecule has 1 aliphatic carbocycles. The smallest absolute Gasteiger partial charge is 0.177 e. The molecule has 2 aromatic rings. The number of methoxy groups -OCH3 is 4. The summed E-state index contributed by atoms with van der Waals surface area (Å²) in [5.41, 5.74) is -1.21. The first kappa shape index (κ1) is 24.4. The van der Waals surface area contributed by atoms with Crippen molar-refractivity contribution >= 4 is 11.6 Å². The number of carbonyl (C=O) groups excluding carboxylic acids is 2. The molecule has 0 heterocycles. The highest BCUT2D eigenvalue weighted by molar-refractivity contribution is 6.12. The maximum atomic E-state index is 14.2. The number of benzene rings is 2. The van der Waals surface area contributed by atoms with Gasteiger partial charge in [0.05, 0.1) is 28.4 Å². The van der Waals surface area contributed by atoms with E-state index < -0.39 is 16.7 Å². The van der Waals surface area contributed by atoms with Crippen molar-refractivity contribution in [1.82, 2.24) is 0 Å². The van der Waals surface area contributed by atoms with E-state index in [2.05, 4.69) is 0 Å². The molecule has 1 radical (unpaired) electrons. The number of hydrogen-bond donors (Lipinski definition) is 0. The first-order valence-electron chi connectivity index (χ1n) is 10.7. The second-order valence-electron chi connectivity index (χ2n) is 8.83. The molecule has 1 aliphatic rings. The van der Waals surface area contributed by atoms with Crippen LogP contribution in [0.2, 0.25) is 0 Å². The van der Waals surface area contributed by atoms with Gasteiger partial charge in [-0.05, 0) is 36.1 Å². The van der Waals surface area contributed by atoms with Crippen molar-refractivity contribution in [2.45, 2.75) is 20.8 Å². The Balaban J connectivity index is 2.24. The third-order valence-electron chi connectivity index (χ3n) is 6.39. The summed E-state index contributed by atoms with van der Waals surface area (Å²) in [5, 5.41) is 0. The average Bonchev–Trinajstić information content (AvgIpc) is 2.81. The number of allylic oxidation sites excluding steroid dienone is 2. The van der Waals surface area contributed by atoms with Gasteiger partial charge >= 0.3 is 0 Å². The van der Waals surface area contributed by atoms with Crippen molar-refractivity contribution in [1.29, 1.82) is 0 Å². The Labute approximate surface area is 195 Å². The zero-order chi connectivity index (χ0) is 24.4. The second kappa shape index (κ2) is 9.30. The molecule has 0 amide bonds.